The Morgan fingerprint density at radius 3 is 2.57 bits per heavy atom. The van der Waals surface area contributed by atoms with Crippen LogP contribution >= 0.6 is 0 Å². The summed E-state index contributed by atoms with van der Waals surface area (Å²) in [7, 11) is 0. The molecule has 3 N–H and O–H groups in total. The first-order valence-electron chi connectivity index (χ1n) is 9.37. The number of para-hydroxylation sites is 1. The number of nitrogens with zero attached hydrogens (tertiary/aromatic N) is 1. The van der Waals surface area contributed by atoms with Crippen molar-refractivity contribution in [1.29, 1.82) is 0 Å². The van der Waals surface area contributed by atoms with E-state index in [4.69, 9.17) is 4.74 Å². The van der Waals surface area contributed by atoms with Gasteiger partial charge in [-0.25, -0.2) is 4.99 Å². The van der Waals surface area contributed by atoms with Gasteiger partial charge in [-0.3, -0.25) is 4.79 Å². The fourth-order valence-electron chi connectivity index (χ4n) is 2.45. The minimum Gasteiger partial charge on any atom is -0.489 e. The second kappa shape index (κ2) is 12.2. The molecule has 28 heavy (non-hydrogen) atoms. The van der Waals surface area contributed by atoms with Crippen LogP contribution in [0.15, 0.2) is 72.2 Å². The molecule has 6 heteroatoms. The molecule has 0 spiro atoms. The lowest BCUT2D eigenvalue weighted by molar-refractivity contribution is -0.120. The number of rotatable bonds is 10. The number of carbonyl (C=O) groups excluding carboxylic acids is 1. The molecule has 0 fully saturated rings. The van der Waals surface area contributed by atoms with Crippen LogP contribution in [0.4, 0.5) is 0 Å². The average Bonchev–Trinajstić information content (AvgIpc) is 2.74. The lowest BCUT2D eigenvalue weighted by atomic mass is 10.2. The van der Waals surface area contributed by atoms with Crippen LogP contribution in [0.2, 0.25) is 0 Å². The average molecular weight is 380 g/mol. The number of ether oxygens (including phenoxy) is 1. The Bertz CT molecular complexity index is 775. The van der Waals surface area contributed by atoms with Crippen LogP contribution in [0.5, 0.6) is 5.75 Å². The zero-order valence-corrected chi connectivity index (χ0v) is 16.3. The van der Waals surface area contributed by atoms with E-state index in [0.717, 1.165) is 16.9 Å². The lowest BCUT2D eigenvalue weighted by Crippen LogP contribution is -2.43. The van der Waals surface area contributed by atoms with E-state index in [-0.39, 0.29) is 12.5 Å². The van der Waals surface area contributed by atoms with Crippen molar-refractivity contribution in [2.45, 2.75) is 20.0 Å². The zero-order valence-electron chi connectivity index (χ0n) is 16.3. The Morgan fingerprint density at radius 1 is 1.07 bits per heavy atom. The van der Waals surface area contributed by atoms with Crippen molar-refractivity contribution >= 4 is 11.9 Å². The minimum atomic E-state index is -0.0934. The van der Waals surface area contributed by atoms with Gasteiger partial charge < -0.3 is 20.7 Å². The summed E-state index contributed by atoms with van der Waals surface area (Å²) in [4.78, 5) is 16.6. The van der Waals surface area contributed by atoms with E-state index in [2.05, 4.69) is 27.5 Å². The van der Waals surface area contributed by atoms with Crippen molar-refractivity contribution in [3.8, 4) is 5.75 Å². The minimum absolute atomic E-state index is 0.0934. The second-order valence-corrected chi connectivity index (χ2v) is 6.02. The molecule has 0 aliphatic rings. The van der Waals surface area contributed by atoms with Crippen LogP contribution in [-0.4, -0.2) is 31.6 Å². The van der Waals surface area contributed by atoms with Gasteiger partial charge in [0.05, 0.1) is 13.1 Å². The molecule has 2 rings (SSSR count). The highest BCUT2D eigenvalue weighted by molar-refractivity contribution is 5.86. The van der Waals surface area contributed by atoms with Crippen molar-refractivity contribution in [3.63, 3.8) is 0 Å². The van der Waals surface area contributed by atoms with Crippen molar-refractivity contribution in [2.75, 3.05) is 19.7 Å². The lowest BCUT2D eigenvalue weighted by Gasteiger charge is -2.13. The molecule has 6 nitrogen and oxygen atoms in total. The quantitative estimate of drug-likeness (QED) is 0.337. The van der Waals surface area contributed by atoms with Crippen LogP contribution in [0.3, 0.4) is 0 Å². The molecule has 0 unspecified atom stereocenters. The third-order valence-electron chi connectivity index (χ3n) is 3.83. The molecular formula is C22H28N4O2. The van der Waals surface area contributed by atoms with Gasteiger partial charge in [-0.05, 0) is 18.6 Å². The molecule has 0 aliphatic heterocycles. The van der Waals surface area contributed by atoms with Crippen molar-refractivity contribution in [1.82, 2.24) is 16.0 Å². The van der Waals surface area contributed by atoms with E-state index < -0.39 is 0 Å². The van der Waals surface area contributed by atoms with Gasteiger partial charge in [0.15, 0.2) is 5.96 Å². The molecule has 2 aromatic rings. The zero-order chi connectivity index (χ0) is 20.0. The second-order valence-electron chi connectivity index (χ2n) is 6.02. The molecule has 2 aromatic carbocycles. The summed E-state index contributed by atoms with van der Waals surface area (Å²) in [6, 6.07) is 17.6. The maximum atomic E-state index is 12.1. The fraction of sp³-hybridized carbons (Fsp3) is 0.273. The third kappa shape index (κ3) is 7.53. The maximum absolute atomic E-state index is 12.1. The van der Waals surface area contributed by atoms with Crippen molar-refractivity contribution < 1.29 is 9.53 Å². The van der Waals surface area contributed by atoms with Crippen LogP contribution in [0.25, 0.3) is 0 Å². The summed E-state index contributed by atoms with van der Waals surface area (Å²) in [5.74, 6) is 1.27. The number of benzene rings is 2. The normalized spacial score (nSPS) is 10.8. The van der Waals surface area contributed by atoms with Gasteiger partial charge in [-0.1, -0.05) is 61.2 Å². The number of hydrogen-bond acceptors (Lipinski definition) is 3. The largest absolute Gasteiger partial charge is 0.489 e. The first kappa shape index (κ1) is 21.0. The molecule has 0 atom stereocenters. The van der Waals surface area contributed by atoms with Crippen molar-refractivity contribution in [2.24, 2.45) is 4.99 Å². The summed E-state index contributed by atoms with van der Waals surface area (Å²) in [5.41, 5.74) is 2.03. The Balaban J connectivity index is 1.88. The summed E-state index contributed by atoms with van der Waals surface area (Å²) in [6.45, 7) is 7.88. The highest BCUT2D eigenvalue weighted by atomic mass is 16.5. The summed E-state index contributed by atoms with van der Waals surface area (Å²) in [6.07, 6.45) is 1.71. The molecule has 0 saturated heterocycles. The van der Waals surface area contributed by atoms with E-state index >= 15 is 0 Å². The third-order valence-corrected chi connectivity index (χ3v) is 3.83. The molecule has 1 amide bonds. The Labute approximate surface area is 166 Å². The molecule has 0 radical (unpaired) electrons. The van der Waals surface area contributed by atoms with E-state index in [0.29, 0.717) is 32.2 Å². The Hall–Kier alpha value is -3.28. The molecule has 148 valence electrons. The first-order valence-corrected chi connectivity index (χ1v) is 9.37. The molecule has 0 saturated carbocycles. The number of amides is 1. The van der Waals surface area contributed by atoms with E-state index in [1.165, 1.54) is 0 Å². The topological polar surface area (TPSA) is 74.8 Å². The standard InChI is InChI=1S/C22H28N4O2/c1-3-14-28-20-13-9-8-12-19(20)16-25-22(23-4-2)26-17-21(27)24-15-18-10-6-5-7-11-18/h3,5-13H,1,4,14-17H2,2H3,(H,24,27)(H2,23,25,26). The maximum Gasteiger partial charge on any atom is 0.239 e. The predicted molar refractivity (Wildman–Crippen MR) is 113 cm³/mol. The molecular weight excluding hydrogens is 352 g/mol. The Morgan fingerprint density at radius 2 is 1.82 bits per heavy atom. The fourth-order valence-corrected chi connectivity index (χ4v) is 2.45. The van der Waals surface area contributed by atoms with Gasteiger partial charge in [-0.15, -0.1) is 0 Å². The monoisotopic (exact) mass is 380 g/mol. The highest BCUT2D eigenvalue weighted by Crippen LogP contribution is 2.18. The predicted octanol–water partition coefficient (Wildman–Crippen LogP) is 2.62. The smallest absolute Gasteiger partial charge is 0.239 e. The van der Waals surface area contributed by atoms with Gasteiger partial charge in [0.25, 0.3) is 0 Å². The molecule has 0 aliphatic carbocycles. The molecule has 0 aromatic heterocycles. The SMILES string of the molecule is C=CCOc1ccccc1CN=C(NCC)NCC(=O)NCc1ccccc1. The number of guanidine groups is 1. The van der Waals surface area contributed by atoms with E-state index in [9.17, 15) is 4.79 Å². The summed E-state index contributed by atoms with van der Waals surface area (Å²) < 4.78 is 5.66. The molecule has 0 bridgehead atoms. The summed E-state index contributed by atoms with van der Waals surface area (Å²) in [5, 5.41) is 9.09. The van der Waals surface area contributed by atoms with E-state index in [1.54, 1.807) is 6.08 Å². The van der Waals surface area contributed by atoms with Crippen LogP contribution < -0.4 is 20.7 Å². The molecule has 0 heterocycles. The first-order chi connectivity index (χ1) is 13.7. The van der Waals surface area contributed by atoms with Gasteiger partial charge in [0.2, 0.25) is 5.91 Å². The number of carbonyl (C=O) groups is 1. The van der Waals surface area contributed by atoms with Gasteiger partial charge >= 0.3 is 0 Å². The van der Waals surface area contributed by atoms with Crippen LogP contribution in [0, 0.1) is 0 Å². The van der Waals surface area contributed by atoms with Crippen molar-refractivity contribution in [3.05, 3.63) is 78.4 Å². The number of aliphatic imine (C=N–C) groups is 1. The van der Waals surface area contributed by atoms with Crippen LogP contribution in [0.1, 0.15) is 18.1 Å². The number of nitrogens with one attached hydrogen (secondary N) is 3. The van der Waals surface area contributed by atoms with Gasteiger partial charge in [0, 0.05) is 18.7 Å². The van der Waals surface area contributed by atoms with Gasteiger partial charge in [-0.2, -0.15) is 0 Å². The number of hydrogen-bond donors (Lipinski definition) is 3. The highest BCUT2D eigenvalue weighted by Gasteiger charge is 2.05. The van der Waals surface area contributed by atoms with E-state index in [1.807, 2.05) is 61.5 Å². The van der Waals surface area contributed by atoms with Gasteiger partial charge in [0.1, 0.15) is 12.4 Å². The summed E-state index contributed by atoms with van der Waals surface area (Å²) >= 11 is 0. The Kier molecular flexibility index (Phi) is 9.14. The van der Waals surface area contributed by atoms with Crippen LogP contribution in [-0.2, 0) is 17.9 Å².